The van der Waals surface area contributed by atoms with Crippen molar-refractivity contribution in [2.24, 2.45) is 0 Å². The first-order valence-corrected chi connectivity index (χ1v) is 7.36. The van der Waals surface area contributed by atoms with Crippen molar-refractivity contribution in [3.8, 4) is 5.75 Å². The smallest absolute Gasteiger partial charge is 0.253 e. The van der Waals surface area contributed by atoms with Crippen molar-refractivity contribution in [1.82, 2.24) is 9.55 Å². The number of ether oxygens (including phenoxy) is 1. The normalized spacial score (nSPS) is 10.6. The molecule has 0 fully saturated rings. The van der Waals surface area contributed by atoms with Crippen LogP contribution in [0.1, 0.15) is 30.2 Å². The predicted octanol–water partition coefficient (Wildman–Crippen LogP) is 2.89. The van der Waals surface area contributed by atoms with E-state index in [1.54, 1.807) is 17.0 Å². The maximum absolute atomic E-state index is 11.9. The Morgan fingerprint density at radius 1 is 1.24 bits per heavy atom. The Balaban J connectivity index is 1.89. The van der Waals surface area contributed by atoms with E-state index >= 15 is 0 Å². The van der Waals surface area contributed by atoms with Crippen molar-refractivity contribution in [3.63, 3.8) is 0 Å². The molecule has 21 heavy (non-hydrogen) atoms. The van der Waals surface area contributed by atoms with Gasteiger partial charge in [0.25, 0.3) is 5.56 Å². The van der Waals surface area contributed by atoms with Gasteiger partial charge in [0.1, 0.15) is 5.75 Å². The Labute approximate surface area is 125 Å². The van der Waals surface area contributed by atoms with Crippen molar-refractivity contribution in [3.05, 3.63) is 57.8 Å². The number of nitrogens with zero attached hydrogens (tertiary/aromatic N) is 2. The van der Waals surface area contributed by atoms with Gasteiger partial charge in [-0.1, -0.05) is 25.1 Å². The summed E-state index contributed by atoms with van der Waals surface area (Å²) in [6.07, 6.45) is 3.19. The van der Waals surface area contributed by atoms with Crippen molar-refractivity contribution < 1.29 is 4.74 Å². The molecule has 0 spiro atoms. The molecule has 2 aromatic rings. The zero-order chi connectivity index (χ0) is 15.2. The van der Waals surface area contributed by atoms with Crippen LogP contribution in [0, 0.1) is 13.8 Å². The standard InChI is InChI=1S/C17H22N2O2/c1-4-15-11-16(20)19(12-18-15)9-6-10-21-17-13(2)7-5-8-14(17)3/h5,7-8,11-12H,4,6,9-10H2,1-3H3. The molecule has 0 aliphatic rings. The summed E-state index contributed by atoms with van der Waals surface area (Å²) >= 11 is 0. The van der Waals surface area contributed by atoms with Crippen molar-refractivity contribution in [2.75, 3.05) is 6.61 Å². The molecule has 0 bridgehead atoms. The Hall–Kier alpha value is -2.10. The number of para-hydroxylation sites is 1. The lowest BCUT2D eigenvalue weighted by Crippen LogP contribution is -2.21. The molecular formula is C17H22N2O2. The fourth-order valence-electron chi connectivity index (χ4n) is 2.26. The summed E-state index contributed by atoms with van der Waals surface area (Å²) in [5.41, 5.74) is 3.12. The highest BCUT2D eigenvalue weighted by atomic mass is 16.5. The van der Waals surface area contributed by atoms with Crippen LogP contribution in [0.25, 0.3) is 0 Å². The molecule has 0 unspecified atom stereocenters. The fourth-order valence-corrected chi connectivity index (χ4v) is 2.26. The lowest BCUT2D eigenvalue weighted by Gasteiger charge is -2.12. The molecule has 112 valence electrons. The summed E-state index contributed by atoms with van der Waals surface area (Å²) in [5.74, 6) is 0.948. The lowest BCUT2D eigenvalue weighted by atomic mass is 10.1. The number of aryl methyl sites for hydroxylation is 4. The molecule has 4 nitrogen and oxygen atoms in total. The third kappa shape index (κ3) is 3.94. The molecule has 1 aromatic heterocycles. The van der Waals surface area contributed by atoms with Gasteiger partial charge in [-0.2, -0.15) is 0 Å². The summed E-state index contributed by atoms with van der Waals surface area (Å²) in [7, 11) is 0. The highest BCUT2D eigenvalue weighted by Crippen LogP contribution is 2.22. The van der Waals surface area contributed by atoms with Crippen LogP contribution in [-0.4, -0.2) is 16.2 Å². The molecule has 0 saturated carbocycles. The van der Waals surface area contributed by atoms with Crippen LogP contribution < -0.4 is 10.3 Å². The molecule has 1 heterocycles. The average Bonchev–Trinajstić information content (AvgIpc) is 2.47. The number of aromatic nitrogens is 2. The SMILES string of the molecule is CCc1cc(=O)n(CCCOc2c(C)cccc2C)cn1. The Morgan fingerprint density at radius 2 is 1.95 bits per heavy atom. The van der Waals surface area contributed by atoms with Crippen LogP contribution in [0.4, 0.5) is 0 Å². The van der Waals surface area contributed by atoms with E-state index < -0.39 is 0 Å². The summed E-state index contributed by atoms with van der Waals surface area (Å²) in [6.45, 7) is 7.29. The molecule has 0 atom stereocenters. The average molecular weight is 286 g/mol. The minimum Gasteiger partial charge on any atom is -0.493 e. The van der Waals surface area contributed by atoms with Gasteiger partial charge in [-0.3, -0.25) is 9.36 Å². The van der Waals surface area contributed by atoms with E-state index in [9.17, 15) is 4.79 Å². The van der Waals surface area contributed by atoms with Gasteiger partial charge in [-0.15, -0.1) is 0 Å². The maximum Gasteiger partial charge on any atom is 0.253 e. The largest absolute Gasteiger partial charge is 0.493 e. The summed E-state index contributed by atoms with van der Waals surface area (Å²) in [6, 6.07) is 7.71. The zero-order valence-electron chi connectivity index (χ0n) is 12.9. The van der Waals surface area contributed by atoms with Gasteiger partial charge in [0.2, 0.25) is 0 Å². The summed E-state index contributed by atoms with van der Waals surface area (Å²) in [4.78, 5) is 16.1. The first kappa shape index (κ1) is 15.3. The minimum absolute atomic E-state index is 0.00826. The van der Waals surface area contributed by atoms with Crippen LogP contribution in [0.3, 0.4) is 0 Å². The molecule has 4 heteroatoms. The molecule has 0 radical (unpaired) electrons. The van der Waals surface area contributed by atoms with Crippen molar-refractivity contribution >= 4 is 0 Å². The molecule has 2 rings (SSSR count). The van der Waals surface area contributed by atoms with Gasteiger partial charge in [0, 0.05) is 18.3 Å². The Bertz CT molecular complexity index is 642. The second-order valence-corrected chi connectivity index (χ2v) is 5.19. The minimum atomic E-state index is 0.00826. The van der Waals surface area contributed by atoms with E-state index in [1.165, 1.54) is 0 Å². The monoisotopic (exact) mass is 286 g/mol. The maximum atomic E-state index is 11.9. The lowest BCUT2D eigenvalue weighted by molar-refractivity contribution is 0.297. The topological polar surface area (TPSA) is 44.1 Å². The van der Waals surface area contributed by atoms with E-state index in [0.717, 1.165) is 35.4 Å². The molecule has 0 amide bonds. The van der Waals surface area contributed by atoms with Gasteiger partial charge in [0.15, 0.2) is 0 Å². The van der Waals surface area contributed by atoms with Gasteiger partial charge in [-0.05, 0) is 37.8 Å². The third-order valence-electron chi connectivity index (χ3n) is 3.50. The van der Waals surface area contributed by atoms with E-state index in [0.29, 0.717) is 13.2 Å². The third-order valence-corrected chi connectivity index (χ3v) is 3.50. The van der Waals surface area contributed by atoms with Crippen molar-refractivity contribution in [2.45, 2.75) is 40.2 Å². The quantitative estimate of drug-likeness (QED) is 0.767. The summed E-state index contributed by atoms with van der Waals surface area (Å²) in [5, 5.41) is 0. The number of hydrogen-bond acceptors (Lipinski definition) is 3. The number of hydrogen-bond donors (Lipinski definition) is 0. The van der Waals surface area contributed by atoms with Crippen LogP contribution >= 0.6 is 0 Å². The predicted molar refractivity (Wildman–Crippen MR) is 83.9 cm³/mol. The number of rotatable bonds is 6. The molecule has 0 N–H and O–H groups in total. The van der Waals surface area contributed by atoms with Gasteiger partial charge in [-0.25, -0.2) is 4.98 Å². The van der Waals surface area contributed by atoms with E-state index in [4.69, 9.17) is 4.74 Å². The number of benzene rings is 1. The van der Waals surface area contributed by atoms with Crippen LogP contribution in [0.5, 0.6) is 5.75 Å². The first-order chi connectivity index (χ1) is 10.1. The zero-order valence-corrected chi connectivity index (χ0v) is 12.9. The van der Waals surface area contributed by atoms with E-state index in [1.807, 2.05) is 39.0 Å². The van der Waals surface area contributed by atoms with Crippen LogP contribution in [0.2, 0.25) is 0 Å². The Morgan fingerprint density at radius 3 is 2.57 bits per heavy atom. The highest BCUT2D eigenvalue weighted by molar-refractivity contribution is 5.39. The second-order valence-electron chi connectivity index (χ2n) is 5.19. The second kappa shape index (κ2) is 7.07. The molecule has 1 aromatic carbocycles. The first-order valence-electron chi connectivity index (χ1n) is 7.36. The van der Waals surface area contributed by atoms with Crippen molar-refractivity contribution in [1.29, 1.82) is 0 Å². The Kier molecular flexibility index (Phi) is 5.14. The fraction of sp³-hybridized carbons (Fsp3) is 0.412. The van der Waals surface area contributed by atoms with Crippen LogP contribution in [0.15, 0.2) is 35.4 Å². The van der Waals surface area contributed by atoms with Crippen LogP contribution in [-0.2, 0) is 13.0 Å². The van der Waals surface area contributed by atoms with Gasteiger partial charge >= 0.3 is 0 Å². The molecule has 0 saturated heterocycles. The van der Waals surface area contributed by atoms with Gasteiger partial charge in [0.05, 0.1) is 12.9 Å². The highest BCUT2D eigenvalue weighted by Gasteiger charge is 2.03. The molecular weight excluding hydrogens is 264 g/mol. The molecule has 0 aliphatic carbocycles. The summed E-state index contributed by atoms with van der Waals surface area (Å²) < 4.78 is 7.47. The van der Waals surface area contributed by atoms with Gasteiger partial charge < -0.3 is 4.74 Å². The van der Waals surface area contributed by atoms with E-state index in [-0.39, 0.29) is 5.56 Å². The van der Waals surface area contributed by atoms with E-state index in [2.05, 4.69) is 4.98 Å². The molecule has 0 aliphatic heterocycles.